The Hall–Kier alpha value is -1.89. The first kappa shape index (κ1) is 26.7. The van der Waals surface area contributed by atoms with Gasteiger partial charge in [0.1, 0.15) is 11.4 Å². The largest absolute Gasteiger partial charge is 0.491 e. The van der Waals surface area contributed by atoms with Crippen LogP contribution in [0.3, 0.4) is 0 Å². The number of benzene rings is 2. The molecule has 2 aromatic carbocycles. The molecule has 184 valence electrons. The van der Waals surface area contributed by atoms with Gasteiger partial charge in [-0.1, -0.05) is 93.0 Å². The number of nitrogens with zero attached hydrogens (tertiary/aromatic N) is 3. The third kappa shape index (κ3) is 7.30. The van der Waals surface area contributed by atoms with Crippen LogP contribution in [0.1, 0.15) is 70.8 Å². The Morgan fingerprint density at radius 2 is 1.74 bits per heavy atom. The maximum atomic E-state index is 7.67. The molecule has 0 unspecified atom stereocenters. The molecule has 3 aromatic rings. The van der Waals surface area contributed by atoms with E-state index in [-0.39, 0.29) is 0 Å². The van der Waals surface area contributed by atoms with Crippen molar-refractivity contribution in [1.82, 2.24) is 4.57 Å². The average molecular weight is 522 g/mol. The van der Waals surface area contributed by atoms with Crippen LogP contribution >= 0.6 is 34.5 Å². The maximum Gasteiger partial charge on any atom is 0.186 e. The molecule has 0 atom stereocenters. The third-order valence-corrected chi connectivity index (χ3v) is 7.41. The van der Waals surface area contributed by atoms with E-state index in [1.54, 1.807) is 17.4 Å². The van der Waals surface area contributed by atoms with E-state index >= 15 is 0 Å². The van der Waals surface area contributed by atoms with E-state index in [0.717, 1.165) is 52.8 Å². The molecule has 0 aliphatic rings. The van der Waals surface area contributed by atoms with Crippen LogP contribution in [0.2, 0.25) is 10.0 Å². The first-order chi connectivity index (χ1) is 16.6. The molecule has 0 saturated carbocycles. The summed E-state index contributed by atoms with van der Waals surface area (Å²) in [4.78, 5) is 5.80. The number of ether oxygens (including phenoxy) is 1. The number of rotatable bonds is 14. The quantitative estimate of drug-likeness (QED) is 0.167. The summed E-state index contributed by atoms with van der Waals surface area (Å²) in [5.74, 6) is 0.643. The van der Waals surface area contributed by atoms with E-state index in [2.05, 4.69) is 23.5 Å². The maximum absolute atomic E-state index is 7.67. The molecule has 1 aromatic heterocycles. The summed E-state index contributed by atoms with van der Waals surface area (Å²) >= 11 is 14.2. The van der Waals surface area contributed by atoms with Gasteiger partial charge < -0.3 is 9.30 Å². The lowest BCUT2D eigenvalue weighted by molar-refractivity contribution is 0.305. The first-order valence-electron chi connectivity index (χ1n) is 12.2. The van der Waals surface area contributed by atoms with Gasteiger partial charge in [0.2, 0.25) is 0 Å². The van der Waals surface area contributed by atoms with Crippen LogP contribution in [0.4, 0.5) is 5.69 Å². The van der Waals surface area contributed by atoms with Crippen LogP contribution in [-0.4, -0.2) is 17.7 Å². The predicted molar refractivity (Wildman–Crippen MR) is 144 cm³/mol. The zero-order valence-electron chi connectivity index (χ0n) is 20.1. The Balaban J connectivity index is 1.91. The van der Waals surface area contributed by atoms with Gasteiger partial charge in [-0.2, -0.15) is 5.11 Å². The molecule has 0 aliphatic heterocycles. The van der Waals surface area contributed by atoms with Crippen LogP contribution in [0.15, 0.2) is 40.4 Å². The summed E-state index contributed by atoms with van der Waals surface area (Å²) in [5.41, 5.74) is 10.2. The molecule has 3 rings (SSSR count). The van der Waals surface area contributed by atoms with Gasteiger partial charge in [-0.25, -0.2) is 5.53 Å². The van der Waals surface area contributed by atoms with Crippen molar-refractivity contribution < 1.29 is 4.74 Å². The molecular weight excluding hydrogens is 487 g/mol. The van der Waals surface area contributed by atoms with Gasteiger partial charge in [-0.3, -0.25) is 4.99 Å². The number of fused-ring (bicyclic) bond motifs is 1. The minimum absolute atomic E-state index is 0.552. The highest BCUT2D eigenvalue weighted by atomic mass is 35.5. The van der Waals surface area contributed by atoms with E-state index in [1.807, 2.05) is 24.3 Å². The highest BCUT2D eigenvalue weighted by molar-refractivity contribution is 7.16. The fourth-order valence-corrected chi connectivity index (χ4v) is 5.32. The lowest BCUT2D eigenvalue weighted by Crippen LogP contribution is -2.16. The van der Waals surface area contributed by atoms with Crippen molar-refractivity contribution in [2.45, 2.75) is 71.8 Å². The van der Waals surface area contributed by atoms with Crippen molar-refractivity contribution in [3.8, 4) is 5.75 Å². The Labute approximate surface area is 216 Å². The van der Waals surface area contributed by atoms with Crippen molar-refractivity contribution >= 4 is 50.4 Å². The standard InChI is InChI=1S/C26H34Cl2N4OS/c1-3-5-7-8-9-10-14-33-24-17-23-25(16-22(24)31-29)34-26(30-13-6-4-2)32(23)18-19-11-12-20(27)15-21(19)28/h11-12,15-17,29H,3-10,13-14,18H2,1-2H3/b30-26+,31-29?. The van der Waals surface area contributed by atoms with Crippen molar-refractivity contribution in [3.05, 3.63) is 50.7 Å². The number of nitrogens with one attached hydrogen (secondary N) is 1. The molecule has 0 fully saturated rings. The zero-order valence-corrected chi connectivity index (χ0v) is 22.4. The zero-order chi connectivity index (χ0) is 24.3. The number of unbranched alkanes of at least 4 members (excludes halogenated alkanes) is 6. The van der Waals surface area contributed by atoms with Crippen molar-refractivity contribution in [2.75, 3.05) is 13.2 Å². The van der Waals surface area contributed by atoms with Crippen LogP contribution in [0.5, 0.6) is 5.75 Å². The Morgan fingerprint density at radius 3 is 2.47 bits per heavy atom. The molecule has 5 nitrogen and oxygen atoms in total. The van der Waals surface area contributed by atoms with Gasteiger partial charge in [0.15, 0.2) is 4.80 Å². The normalized spacial score (nSPS) is 11.9. The Kier molecular flexibility index (Phi) is 10.9. The molecular formula is C26H34Cl2N4OS. The lowest BCUT2D eigenvalue weighted by Gasteiger charge is -2.11. The van der Waals surface area contributed by atoms with Gasteiger partial charge in [-0.05, 0) is 36.6 Å². The second-order valence-corrected chi connectivity index (χ2v) is 10.3. The molecule has 34 heavy (non-hydrogen) atoms. The van der Waals surface area contributed by atoms with Gasteiger partial charge in [0, 0.05) is 22.7 Å². The lowest BCUT2D eigenvalue weighted by atomic mass is 10.1. The number of hydrogen-bond donors (Lipinski definition) is 1. The van der Waals surface area contributed by atoms with Crippen molar-refractivity contribution in [2.24, 2.45) is 10.1 Å². The minimum atomic E-state index is 0.552. The fourth-order valence-electron chi connectivity index (χ4n) is 3.78. The number of halogens is 2. The number of aromatic nitrogens is 1. The third-order valence-electron chi connectivity index (χ3n) is 5.74. The van der Waals surface area contributed by atoms with Crippen LogP contribution in [-0.2, 0) is 6.54 Å². The highest BCUT2D eigenvalue weighted by Gasteiger charge is 2.14. The summed E-state index contributed by atoms with van der Waals surface area (Å²) in [6, 6.07) is 9.52. The molecule has 0 bridgehead atoms. The van der Waals surface area contributed by atoms with Gasteiger partial charge >= 0.3 is 0 Å². The van der Waals surface area contributed by atoms with E-state index in [0.29, 0.717) is 34.6 Å². The van der Waals surface area contributed by atoms with Crippen LogP contribution in [0.25, 0.3) is 10.2 Å². The van der Waals surface area contributed by atoms with Gasteiger partial charge in [-0.15, -0.1) is 0 Å². The summed E-state index contributed by atoms with van der Waals surface area (Å²) in [5, 5.41) is 4.99. The summed E-state index contributed by atoms with van der Waals surface area (Å²) < 4.78 is 9.30. The van der Waals surface area contributed by atoms with Crippen molar-refractivity contribution in [1.29, 1.82) is 5.53 Å². The number of hydrogen-bond acceptors (Lipinski definition) is 5. The predicted octanol–water partition coefficient (Wildman–Crippen LogP) is 9.16. The van der Waals surface area contributed by atoms with E-state index in [9.17, 15) is 0 Å². The molecule has 8 heteroatoms. The van der Waals surface area contributed by atoms with Gasteiger partial charge in [0.25, 0.3) is 0 Å². The SMILES string of the molecule is CCCCCCCCOc1cc2c(cc1N=N)s/c(=N/CCCC)n2Cc1ccc(Cl)cc1Cl. The summed E-state index contributed by atoms with van der Waals surface area (Å²) in [6.07, 6.45) is 9.35. The monoisotopic (exact) mass is 520 g/mol. The summed E-state index contributed by atoms with van der Waals surface area (Å²) in [7, 11) is 0. The molecule has 1 heterocycles. The van der Waals surface area contributed by atoms with E-state index in [1.165, 1.54) is 25.7 Å². The minimum Gasteiger partial charge on any atom is -0.491 e. The topological polar surface area (TPSA) is 62.7 Å². The van der Waals surface area contributed by atoms with E-state index in [4.69, 9.17) is 38.5 Å². The fraction of sp³-hybridized carbons (Fsp3) is 0.500. The smallest absolute Gasteiger partial charge is 0.186 e. The molecule has 0 amide bonds. The van der Waals surface area contributed by atoms with Crippen LogP contribution in [0, 0.1) is 5.53 Å². The molecule has 0 aliphatic carbocycles. The second kappa shape index (κ2) is 13.9. The average Bonchev–Trinajstić information content (AvgIpc) is 3.15. The van der Waals surface area contributed by atoms with Crippen molar-refractivity contribution in [3.63, 3.8) is 0 Å². The summed E-state index contributed by atoms with van der Waals surface area (Å²) in [6.45, 7) is 6.37. The van der Waals surface area contributed by atoms with E-state index < -0.39 is 0 Å². The Bertz CT molecular complexity index is 1160. The molecule has 1 N–H and O–H groups in total. The second-order valence-electron chi connectivity index (χ2n) is 8.46. The molecule has 0 radical (unpaired) electrons. The first-order valence-corrected chi connectivity index (χ1v) is 13.8. The molecule has 0 spiro atoms. The molecule has 0 saturated heterocycles. The highest BCUT2D eigenvalue weighted by Crippen LogP contribution is 2.35. The van der Waals surface area contributed by atoms with Gasteiger partial charge in [0.05, 0.1) is 23.4 Å². The Morgan fingerprint density at radius 1 is 0.971 bits per heavy atom. The van der Waals surface area contributed by atoms with Crippen LogP contribution < -0.4 is 9.54 Å². The number of thiazole rings is 1.